The van der Waals surface area contributed by atoms with Crippen LogP contribution < -0.4 is 0 Å². The summed E-state index contributed by atoms with van der Waals surface area (Å²) in [5, 5.41) is 9.67. The minimum absolute atomic E-state index is 0.0287. The number of hydrogen-bond acceptors (Lipinski definition) is 3. The fourth-order valence-electron chi connectivity index (χ4n) is 1.10. The zero-order valence-corrected chi connectivity index (χ0v) is 9.32. The first-order valence-electron chi connectivity index (χ1n) is 4.14. The van der Waals surface area contributed by atoms with Crippen LogP contribution in [0.4, 0.5) is 0 Å². The third-order valence-electron chi connectivity index (χ3n) is 1.85. The number of aliphatic hydroxyl groups is 1. The molecule has 0 bridgehead atoms. The topological polar surface area (TPSA) is 46.5 Å². The van der Waals surface area contributed by atoms with E-state index in [0.29, 0.717) is 5.56 Å². The Morgan fingerprint density at radius 2 is 2.21 bits per heavy atom. The summed E-state index contributed by atoms with van der Waals surface area (Å²) < 4.78 is 5.26. The maximum absolute atomic E-state index is 10.9. The predicted molar refractivity (Wildman–Crippen MR) is 55.7 cm³/mol. The number of aliphatic hydroxyl groups excluding tert-OH is 1. The smallest absolute Gasteiger partial charge is 0.308 e. The van der Waals surface area contributed by atoms with Crippen molar-refractivity contribution in [3.05, 3.63) is 34.3 Å². The summed E-state index contributed by atoms with van der Waals surface area (Å²) in [6.07, 6.45) is -0.850. The van der Waals surface area contributed by atoms with Gasteiger partial charge < -0.3 is 9.84 Å². The zero-order chi connectivity index (χ0) is 10.6. The Bertz CT molecular complexity index is 325. The third-order valence-corrected chi connectivity index (χ3v) is 2.57. The molecule has 0 amide bonds. The van der Waals surface area contributed by atoms with Crippen molar-refractivity contribution in [2.75, 3.05) is 7.11 Å². The molecular formula is C10H11BrO3. The van der Waals surface area contributed by atoms with Crippen LogP contribution in [0, 0.1) is 0 Å². The molecule has 0 radical (unpaired) electrons. The number of methoxy groups -OCH3 is 1. The van der Waals surface area contributed by atoms with Gasteiger partial charge >= 0.3 is 5.97 Å². The van der Waals surface area contributed by atoms with Gasteiger partial charge in [0.15, 0.2) is 0 Å². The van der Waals surface area contributed by atoms with Crippen molar-refractivity contribution in [2.45, 2.75) is 12.5 Å². The molecule has 0 aliphatic rings. The normalized spacial score (nSPS) is 12.2. The SMILES string of the molecule is COC(=O)C[C@H](O)c1ccccc1Br. The summed E-state index contributed by atoms with van der Waals surface area (Å²) in [5.74, 6) is -0.423. The quantitative estimate of drug-likeness (QED) is 0.845. The molecule has 3 nitrogen and oxygen atoms in total. The van der Waals surface area contributed by atoms with Gasteiger partial charge in [0.25, 0.3) is 0 Å². The Kier molecular flexibility index (Phi) is 4.10. The van der Waals surface area contributed by atoms with E-state index in [1.807, 2.05) is 12.1 Å². The van der Waals surface area contributed by atoms with Gasteiger partial charge in [0, 0.05) is 4.47 Å². The highest BCUT2D eigenvalue weighted by molar-refractivity contribution is 9.10. The first-order valence-corrected chi connectivity index (χ1v) is 4.93. The van der Waals surface area contributed by atoms with Crippen molar-refractivity contribution in [1.82, 2.24) is 0 Å². The Morgan fingerprint density at radius 1 is 1.57 bits per heavy atom. The molecule has 0 aliphatic heterocycles. The van der Waals surface area contributed by atoms with E-state index in [4.69, 9.17) is 0 Å². The highest BCUT2D eigenvalue weighted by Crippen LogP contribution is 2.25. The first kappa shape index (κ1) is 11.2. The molecule has 1 rings (SSSR count). The molecule has 0 fully saturated rings. The molecule has 76 valence electrons. The maximum atomic E-state index is 10.9. The average molecular weight is 259 g/mol. The lowest BCUT2D eigenvalue weighted by molar-refractivity contribution is -0.142. The molecule has 0 saturated carbocycles. The summed E-state index contributed by atoms with van der Waals surface area (Å²) >= 11 is 3.30. The average Bonchev–Trinajstić information content (AvgIpc) is 2.18. The van der Waals surface area contributed by atoms with Crippen molar-refractivity contribution in [3.63, 3.8) is 0 Å². The maximum Gasteiger partial charge on any atom is 0.308 e. The fraction of sp³-hybridized carbons (Fsp3) is 0.300. The van der Waals surface area contributed by atoms with Crippen molar-refractivity contribution in [3.8, 4) is 0 Å². The number of esters is 1. The number of benzene rings is 1. The van der Waals surface area contributed by atoms with Crippen LogP contribution in [0.3, 0.4) is 0 Å². The number of carbonyl (C=O) groups excluding carboxylic acids is 1. The molecular weight excluding hydrogens is 248 g/mol. The number of ether oxygens (including phenoxy) is 1. The van der Waals surface area contributed by atoms with Gasteiger partial charge in [-0.15, -0.1) is 0 Å². The molecule has 0 unspecified atom stereocenters. The molecule has 0 saturated heterocycles. The lowest BCUT2D eigenvalue weighted by Crippen LogP contribution is -2.08. The van der Waals surface area contributed by atoms with Gasteiger partial charge in [-0.2, -0.15) is 0 Å². The summed E-state index contributed by atoms with van der Waals surface area (Å²) in [7, 11) is 1.30. The highest BCUT2D eigenvalue weighted by Gasteiger charge is 2.15. The predicted octanol–water partition coefficient (Wildman–Crippen LogP) is 2.05. The fourth-order valence-corrected chi connectivity index (χ4v) is 1.65. The van der Waals surface area contributed by atoms with Crippen LogP contribution in [0.25, 0.3) is 0 Å². The second-order valence-corrected chi connectivity index (χ2v) is 3.67. The molecule has 0 aliphatic carbocycles. The van der Waals surface area contributed by atoms with E-state index < -0.39 is 12.1 Å². The largest absolute Gasteiger partial charge is 0.469 e. The lowest BCUT2D eigenvalue weighted by atomic mass is 10.1. The van der Waals surface area contributed by atoms with Gasteiger partial charge in [0.05, 0.1) is 19.6 Å². The van der Waals surface area contributed by atoms with Crippen LogP contribution >= 0.6 is 15.9 Å². The van der Waals surface area contributed by atoms with Crippen LogP contribution in [-0.2, 0) is 9.53 Å². The van der Waals surface area contributed by atoms with Gasteiger partial charge in [0.1, 0.15) is 0 Å². The van der Waals surface area contributed by atoms with Crippen molar-refractivity contribution < 1.29 is 14.6 Å². The van der Waals surface area contributed by atoms with E-state index in [9.17, 15) is 9.90 Å². The van der Waals surface area contributed by atoms with Crippen LogP contribution in [-0.4, -0.2) is 18.2 Å². The molecule has 1 aromatic rings. The first-order chi connectivity index (χ1) is 6.65. The minimum atomic E-state index is -0.821. The standard InChI is InChI=1S/C10H11BrO3/c1-14-10(13)6-9(12)7-4-2-3-5-8(7)11/h2-5,9,12H,6H2,1H3/t9-/m0/s1. The Hall–Kier alpha value is -0.870. The van der Waals surface area contributed by atoms with E-state index in [0.717, 1.165) is 4.47 Å². The molecule has 4 heteroatoms. The van der Waals surface area contributed by atoms with Crippen LogP contribution in [0.5, 0.6) is 0 Å². The Morgan fingerprint density at radius 3 is 2.79 bits per heavy atom. The van der Waals surface area contributed by atoms with Crippen LogP contribution in [0.2, 0.25) is 0 Å². The summed E-state index contributed by atoms with van der Waals surface area (Å²) in [5.41, 5.74) is 0.693. The van der Waals surface area contributed by atoms with E-state index in [1.165, 1.54) is 7.11 Å². The van der Waals surface area contributed by atoms with Gasteiger partial charge in [-0.3, -0.25) is 4.79 Å². The lowest BCUT2D eigenvalue weighted by Gasteiger charge is -2.10. The highest BCUT2D eigenvalue weighted by atomic mass is 79.9. The van der Waals surface area contributed by atoms with Gasteiger partial charge in [-0.1, -0.05) is 34.1 Å². The number of halogens is 1. The Balaban J connectivity index is 2.74. The number of rotatable bonds is 3. The molecule has 1 atom stereocenters. The minimum Gasteiger partial charge on any atom is -0.469 e. The van der Waals surface area contributed by atoms with E-state index in [2.05, 4.69) is 20.7 Å². The molecule has 0 aromatic heterocycles. The summed E-state index contributed by atoms with van der Waals surface area (Å²) in [4.78, 5) is 10.9. The monoisotopic (exact) mass is 258 g/mol. The summed E-state index contributed by atoms with van der Waals surface area (Å²) in [6.45, 7) is 0. The van der Waals surface area contributed by atoms with Crippen LogP contribution in [0.15, 0.2) is 28.7 Å². The van der Waals surface area contributed by atoms with Crippen molar-refractivity contribution >= 4 is 21.9 Å². The van der Waals surface area contributed by atoms with Crippen molar-refractivity contribution in [1.29, 1.82) is 0 Å². The van der Waals surface area contributed by atoms with E-state index >= 15 is 0 Å². The zero-order valence-electron chi connectivity index (χ0n) is 7.74. The van der Waals surface area contributed by atoms with E-state index in [-0.39, 0.29) is 6.42 Å². The summed E-state index contributed by atoms with van der Waals surface area (Å²) in [6, 6.07) is 7.23. The second-order valence-electron chi connectivity index (χ2n) is 2.82. The van der Waals surface area contributed by atoms with Crippen LogP contribution in [0.1, 0.15) is 18.1 Å². The Labute approximate surface area is 90.8 Å². The molecule has 0 spiro atoms. The third kappa shape index (κ3) is 2.82. The van der Waals surface area contributed by atoms with Crippen molar-refractivity contribution in [2.24, 2.45) is 0 Å². The molecule has 1 aromatic carbocycles. The van der Waals surface area contributed by atoms with Gasteiger partial charge in [0.2, 0.25) is 0 Å². The molecule has 1 N–H and O–H groups in total. The van der Waals surface area contributed by atoms with E-state index in [1.54, 1.807) is 12.1 Å². The number of carbonyl (C=O) groups is 1. The number of hydrogen-bond donors (Lipinski definition) is 1. The molecule has 0 heterocycles. The van der Waals surface area contributed by atoms with Gasteiger partial charge in [-0.25, -0.2) is 0 Å². The van der Waals surface area contributed by atoms with Gasteiger partial charge in [-0.05, 0) is 11.6 Å². The molecule has 14 heavy (non-hydrogen) atoms. The second kappa shape index (κ2) is 5.12.